The van der Waals surface area contributed by atoms with E-state index >= 15 is 0 Å². The lowest BCUT2D eigenvalue weighted by Crippen LogP contribution is -2.47. The van der Waals surface area contributed by atoms with E-state index in [-0.39, 0.29) is 0 Å². The van der Waals surface area contributed by atoms with Gasteiger partial charge in [-0.2, -0.15) is 0 Å². The molecule has 6 nitrogen and oxygen atoms in total. The molecule has 2 aromatic heterocycles. The van der Waals surface area contributed by atoms with Crippen LogP contribution in [0.3, 0.4) is 0 Å². The Bertz CT molecular complexity index is 1030. The Labute approximate surface area is 181 Å². The predicted octanol–water partition coefficient (Wildman–Crippen LogP) is 4.32. The van der Waals surface area contributed by atoms with Crippen molar-refractivity contribution in [2.24, 2.45) is 0 Å². The Hall–Kier alpha value is -2.22. The van der Waals surface area contributed by atoms with E-state index in [0.29, 0.717) is 12.6 Å². The van der Waals surface area contributed by atoms with E-state index in [1.54, 1.807) is 18.4 Å². The quantitative estimate of drug-likeness (QED) is 0.612. The number of anilines is 1. The molecule has 30 heavy (non-hydrogen) atoms. The molecule has 1 aliphatic heterocycles. The van der Waals surface area contributed by atoms with E-state index in [1.165, 1.54) is 4.70 Å². The van der Waals surface area contributed by atoms with Crippen LogP contribution in [0.1, 0.15) is 32.3 Å². The molecule has 0 saturated carbocycles. The molecule has 2 N–H and O–H groups in total. The molecule has 3 heterocycles. The number of aliphatic hydroxyl groups is 1. The standard InChI is InChI=1S/C23H30N4O2S/c1-15-12-20(24-16-6-5-10-27(13-16)14-23(2,3)28)25-26-21(15)18-7-8-19-17(9-11-30-19)22(18)29-4/h7-9,11-12,16,28H,5-6,10,13-14H2,1-4H3,(H,24,25)/t16-/m1/s1. The summed E-state index contributed by atoms with van der Waals surface area (Å²) in [6, 6.07) is 8.64. The maximum Gasteiger partial charge on any atom is 0.149 e. The van der Waals surface area contributed by atoms with Crippen LogP contribution in [0.4, 0.5) is 5.82 Å². The number of likely N-dealkylation sites (tertiary alicyclic amines) is 1. The van der Waals surface area contributed by atoms with Crippen molar-refractivity contribution in [3.63, 3.8) is 0 Å². The van der Waals surface area contributed by atoms with Gasteiger partial charge in [0.1, 0.15) is 11.6 Å². The lowest BCUT2D eigenvalue weighted by atomic mass is 10.0. The minimum absolute atomic E-state index is 0.303. The third-order valence-electron chi connectivity index (χ3n) is 5.50. The molecule has 1 saturated heterocycles. The van der Waals surface area contributed by atoms with Crippen LogP contribution in [-0.4, -0.2) is 58.6 Å². The Kier molecular flexibility index (Phi) is 5.95. The zero-order chi connectivity index (χ0) is 21.3. The Morgan fingerprint density at radius 1 is 1.30 bits per heavy atom. The number of hydrogen-bond acceptors (Lipinski definition) is 7. The molecular formula is C23H30N4O2S. The second-order valence-corrected chi connectivity index (χ2v) is 9.72. The fourth-order valence-corrected chi connectivity index (χ4v) is 5.10. The van der Waals surface area contributed by atoms with Gasteiger partial charge in [-0.3, -0.25) is 4.90 Å². The van der Waals surface area contributed by atoms with Crippen molar-refractivity contribution in [1.82, 2.24) is 15.1 Å². The molecule has 1 aliphatic rings. The van der Waals surface area contributed by atoms with E-state index < -0.39 is 5.60 Å². The van der Waals surface area contributed by atoms with Crippen molar-refractivity contribution in [2.75, 3.05) is 32.1 Å². The molecule has 1 fully saturated rings. The first-order valence-electron chi connectivity index (χ1n) is 10.4. The second kappa shape index (κ2) is 8.49. The van der Waals surface area contributed by atoms with E-state index in [2.05, 4.69) is 57.0 Å². The van der Waals surface area contributed by atoms with Crippen LogP contribution in [0.25, 0.3) is 21.3 Å². The van der Waals surface area contributed by atoms with Gasteiger partial charge in [-0.25, -0.2) is 0 Å². The third kappa shape index (κ3) is 4.58. The van der Waals surface area contributed by atoms with Crippen LogP contribution in [-0.2, 0) is 0 Å². The van der Waals surface area contributed by atoms with Gasteiger partial charge in [0.05, 0.1) is 18.4 Å². The van der Waals surface area contributed by atoms with Crippen LogP contribution >= 0.6 is 11.3 Å². The monoisotopic (exact) mass is 426 g/mol. The molecule has 0 amide bonds. The lowest BCUT2D eigenvalue weighted by molar-refractivity contribution is 0.0286. The van der Waals surface area contributed by atoms with Gasteiger partial charge in [0, 0.05) is 34.8 Å². The Balaban J connectivity index is 1.53. The minimum Gasteiger partial charge on any atom is -0.495 e. The van der Waals surface area contributed by atoms with Gasteiger partial charge < -0.3 is 15.2 Å². The molecule has 7 heteroatoms. The van der Waals surface area contributed by atoms with Crippen LogP contribution in [0.15, 0.2) is 29.6 Å². The number of nitrogens with one attached hydrogen (secondary N) is 1. The summed E-state index contributed by atoms with van der Waals surface area (Å²) in [4.78, 5) is 2.32. The zero-order valence-corrected chi connectivity index (χ0v) is 18.9. The van der Waals surface area contributed by atoms with E-state index in [9.17, 15) is 5.11 Å². The maximum absolute atomic E-state index is 10.1. The number of thiophene rings is 1. The molecule has 3 aromatic rings. The van der Waals surface area contributed by atoms with Crippen molar-refractivity contribution in [1.29, 1.82) is 0 Å². The van der Waals surface area contributed by atoms with E-state index in [1.807, 2.05) is 13.8 Å². The van der Waals surface area contributed by atoms with Crippen LogP contribution < -0.4 is 10.1 Å². The number of methoxy groups -OCH3 is 1. The molecule has 0 unspecified atom stereocenters. The van der Waals surface area contributed by atoms with Gasteiger partial charge in [0.25, 0.3) is 0 Å². The normalized spacial score (nSPS) is 18.0. The molecule has 160 valence electrons. The highest BCUT2D eigenvalue weighted by atomic mass is 32.1. The second-order valence-electron chi connectivity index (χ2n) is 8.77. The van der Waals surface area contributed by atoms with Crippen LogP contribution in [0, 0.1) is 6.92 Å². The number of fused-ring (bicyclic) bond motifs is 1. The SMILES string of the molecule is COc1c(-c2nnc(N[C@@H]3CCCN(CC(C)(C)O)C3)cc2C)ccc2sccc12. The highest BCUT2D eigenvalue weighted by Crippen LogP contribution is 2.39. The van der Waals surface area contributed by atoms with Gasteiger partial charge >= 0.3 is 0 Å². The lowest BCUT2D eigenvalue weighted by Gasteiger charge is -2.36. The molecule has 0 aliphatic carbocycles. The van der Waals surface area contributed by atoms with E-state index in [0.717, 1.165) is 59.7 Å². The first-order valence-corrected chi connectivity index (χ1v) is 11.3. The number of β-amino-alcohol motifs (C(OH)–C–C–N with tert-alkyl or cyclic N) is 1. The van der Waals surface area contributed by atoms with Crippen molar-refractivity contribution in [3.8, 4) is 17.0 Å². The number of hydrogen-bond donors (Lipinski definition) is 2. The fourth-order valence-electron chi connectivity index (χ4n) is 4.32. The average Bonchev–Trinajstić information content (AvgIpc) is 3.15. The first-order chi connectivity index (χ1) is 14.3. The van der Waals surface area contributed by atoms with Crippen molar-refractivity contribution < 1.29 is 9.84 Å². The highest BCUT2D eigenvalue weighted by molar-refractivity contribution is 7.17. The summed E-state index contributed by atoms with van der Waals surface area (Å²) < 4.78 is 6.93. The summed E-state index contributed by atoms with van der Waals surface area (Å²) in [5.41, 5.74) is 2.19. The average molecular weight is 427 g/mol. The molecule has 1 atom stereocenters. The molecule has 0 spiro atoms. The van der Waals surface area contributed by atoms with Gasteiger partial charge in [-0.15, -0.1) is 21.5 Å². The van der Waals surface area contributed by atoms with E-state index in [4.69, 9.17) is 4.74 Å². The van der Waals surface area contributed by atoms with Crippen molar-refractivity contribution in [2.45, 2.75) is 45.3 Å². The summed E-state index contributed by atoms with van der Waals surface area (Å²) in [6.07, 6.45) is 2.20. The number of ether oxygens (including phenoxy) is 1. The number of aromatic nitrogens is 2. The first kappa shape index (κ1) is 21.0. The van der Waals surface area contributed by atoms with Gasteiger partial charge in [0.15, 0.2) is 0 Å². The number of rotatable bonds is 6. The zero-order valence-electron chi connectivity index (χ0n) is 18.1. The summed E-state index contributed by atoms with van der Waals surface area (Å²) >= 11 is 1.70. The molecule has 0 radical (unpaired) electrons. The molecular weight excluding hydrogens is 396 g/mol. The smallest absolute Gasteiger partial charge is 0.149 e. The van der Waals surface area contributed by atoms with Crippen molar-refractivity contribution >= 4 is 27.2 Å². The summed E-state index contributed by atoms with van der Waals surface area (Å²) in [6.45, 7) is 8.39. The summed E-state index contributed by atoms with van der Waals surface area (Å²) in [5, 5.41) is 25.9. The number of benzene rings is 1. The molecule has 0 bridgehead atoms. The maximum atomic E-state index is 10.1. The van der Waals surface area contributed by atoms with Crippen molar-refractivity contribution in [3.05, 3.63) is 35.2 Å². The predicted molar refractivity (Wildman–Crippen MR) is 124 cm³/mol. The Morgan fingerprint density at radius 3 is 2.87 bits per heavy atom. The van der Waals surface area contributed by atoms with Gasteiger partial charge in [-0.05, 0) is 75.4 Å². The van der Waals surface area contributed by atoms with Gasteiger partial charge in [0.2, 0.25) is 0 Å². The number of aryl methyl sites for hydroxylation is 1. The molecule has 1 aromatic carbocycles. The molecule has 4 rings (SSSR count). The van der Waals surface area contributed by atoms with Gasteiger partial charge in [-0.1, -0.05) is 0 Å². The Morgan fingerprint density at radius 2 is 2.13 bits per heavy atom. The third-order valence-corrected chi connectivity index (χ3v) is 6.38. The largest absolute Gasteiger partial charge is 0.495 e. The summed E-state index contributed by atoms with van der Waals surface area (Å²) in [5.74, 6) is 1.64. The topological polar surface area (TPSA) is 70.5 Å². The van der Waals surface area contributed by atoms with Crippen LogP contribution in [0.2, 0.25) is 0 Å². The van der Waals surface area contributed by atoms with Crippen LogP contribution in [0.5, 0.6) is 5.75 Å². The number of nitrogens with zero attached hydrogens (tertiary/aromatic N) is 3. The minimum atomic E-state index is -0.678. The summed E-state index contributed by atoms with van der Waals surface area (Å²) in [7, 11) is 1.71. The number of piperidine rings is 1. The fraction of sp³-hybridized carbons (Fsp3) is 0.478. The highest BCUT2D eigenvalue weighted by Gasteiger charge is 2.25.